The lowest BCUT2D eigenvalue weighted by Crippen LogP contribution is -2.37. The molecule has 132 valence electrons. The zero-order valence-electron chi connectivity index (χ0n) is 14.1. The van der Waals surface area contributed by atoms with Crippen LogP contribution in [0.1, 0.15) is 17.7 Å². The van der Waals surface area contributed by atoms with E-state index in [9.17, 15) is 9.59 Å². The van der Waals surface area contributed by atoms with Crippen molar-refractivity contribution in [3.05, 3.63) is 66.0 Å². The van der Waals surface area contributed by atoms with E-state index in [2.05, 4.69) is 15.6 Å². The Bertz CT molecular complexity index is 650. The van der Waals surface area contributed by atoms with Gasteiger partial charge in [-0.15, -0.1) is 0 Å². The summed E-state index contributed by atoms with van der Waals surface area (Å²) in [6, 6.07) is 15.8. The highest BCUT2D eigenvalue weighted by molar-refractivity contribution is 7.98. The molecule has 6 heteroatoms. The van der Waals surface area contributed by atoms with Crippen molar-refractivity contribution < 1.29 is 9.59 Å². The maximum atomic E-state index is 11.7. The topological polar surface area (TPSA) is 71.1 Å². The van der Waals surface area contributed by atoms with Crippen molar-refractivity contribution in [1.82, 2.24) is 15.6 Å². The molecule has 1 heterocycles. The first-order valence-electron chi connectivity index (χ1n) is 8.29. The average Bonchev–Trinajstić information content (AvgIpc) is 2.65. The Balaban J connectivity index is 1.50. The van der Waals surface area contributed by atoms with Gasteiger partial charge in [-0.3, -0.25) is 14.6 Å². The van der Waals surface area contributed by atoms with Crippen molar-refractivity contribution >= 4 is 23.6 Å². The van der Waals surface area contributed by atoms with Gasteiger partial charge in [-0.1, -0.05) is 36.4 Å². The quantitative estimate of drug-likeness (QED) is 0.640. The molecule has 0 radical (unpaired) electrons. The smallest absolute Gasteiger partial charge is 0.239 e. The molecule has 2 N–H and O–H groups in total. The Kier molecular flexibility index (Phi) is 8.55. The summed E-state index contributed by atoms with van der Waals surface area (Å²) in [6.45, 7) is 0.594. The van der Waals surface area contributed by atoms with E-state index in [4.69, 9.17) is 0 Å². The van der Waals surface area contributed by atoms with Crippen molar-refractivity contribution in [2.24, 2.45) is 0 Å². The van der Waals surface area contributed by atoms with Gasteiger partial charge >= 0.3 is 0 Å². The van der Waals surface area contributed by atoms with Crippen molar-refractivity contribution in [3.63, 3.8) is 0 Å². The van der Waals surface area contributed by atoms with Gasteiger partial charge in [-0.25, -0.2) is 0 Å². The Hall–Kier alpha value is -2.34. The summed E-state index contributed by atoms with van der Waals surface area (Å²) in [6.07, 6.45) is 2.94. The van der Waals surface area contributed by atoms with Crippen LogP contribution >= 0.6 is 11.8 Å². The van der Waals surface area contributed by atoms with Gasteiger partial charge in [0.2, 0.25) is 11.8 Å². The fourth-order valence-electron chi connectivity index (χ4n) is 2.15. The summed E-state index contributed by atoms with van der Waals surface area (Å²) in [5.41, 5.74) is 2.18. The molecule has 0 bridgehead atoms. The highest BCUT2D eigenvalue weighted by atomic mass is 32.2. The lowest BCUT2D eigenvalue weighted by Gasteiger charge is -2.07. The molecule has 0 aliphatic carbocycles. The molecule has 0 aliphatic heterocycles. The maximum Gasteiger partial charge on any atom is 0.239 e. The highest BCUT2D eigenvalue weighted by Gasteiger charge is 2.05. The number of rotatable bonds is 10. The number of hydrogen-bond donors (Lipinski definition) is 2. The standard InChI is InChI=1S/C19H23N3O2S/c23-18(10-13-25-15-17-8-4-5-11-20-17)22-14-19(24)21-12-9-16-6-2-1-3-7-16/h1-8,11H,9-10,12-15H2,(H,21,24)(H,22,23). The first kappa shape index (κ1) is 19.0. The predicted octanol–water partition coefficient (Wildman–Crippen LogP) is 2.18. The van der Waals surface area contributed by atoms with E-state index in [0.717, 1.165) is 17.9 Å². The number of benzene rings is 1. The van der Waals surface area contributed by atoms with Gasteiger partial charge in [-0.05, 0) is 24.1 Å². The van der Waals surface area contributed by atoms with Crippen LogP contribution in [0.15, 0.2) is 54.7 Å². The van der Waals surface area contributed by atoms with Crippen LogP contribution in [-0.2, 0) is 21.8 Å². The van der Waals surface area contributed by atoms with Gasteiger partial charge in [0.05, 0.1) is 12.2 Å². The van der Waals surface area contributed by atoms with Crippen molar-refractivity contribution in [2.75, 3.05) is 18.8 Å². The van der Waals surface area contributed by atoms with Gasteiger partial charge in [0.15, 0.2) is 0 Å². The fraction of sp³-hybridized carbons (Fsp3) is 0.316. The number of nitrogens with one attached hydrogen (secondary N) is 2. The van der Waals surface area contributed by atoms with E-state index in [1.54, 1.807) is 18.0 Å². The molecule has 5 nitrogen and oxygen atoms in total. The predicted molar refractivity (Wildman–Crippen MR) is 101 cm³/mol. The molecule has 25 heavy (non-hydrogen) atoms. The van der Waals surface area contributed by atoms with Crippen LogP contribution in [-0.4, -0.2) is 35.6 Å². The minimum Gasteiger partial charge on any atom is -0.354 e. The molecule has 0 spiro atoms. The van der Waals surface area contributed by atoms with Crippen molar-refractivity contribution in [1.29, 1.82) is 0 Å². The molecule has 0 unspecified atom stereocenters. The van der Waals surface area contributed by atoms with Gasteiger partial charge in [-0.2, -0.15) is 11.8 Å². The largest absolute Gasteiger partial charge is 0.354 e. The lowest BCUT2D eigenvalue weighted by atomic mass is 10.1. The van der Waals surface area contributed by atoms with E-state index in [-0.39, 0.29) is 18.4 Å². The Morgan fingerprint density at radius 2 is 1.76 bits per heavy atom. The van der Waals surface area contributed by atoms with Gasteiger partial charge in [0.1, 0.15) is 0 Å². The highest BCUT2D eigenvalue weighted by Crippen LogP contribution is 2.10. The van der Waals surface area contributed by atoms with Gasteiger partial charge in [0.25, 0.3) is 0 Å². The van der Waals surface area contributed by atoms with Crippen LogP contribution in [0, 0.1) is 0 Å². The van der Waals surface area contributed by atoms with Crippen molar-refractivity contribution in [2.45, 2.75) is 18.6 Å². The third-order valence-corrected chi connectivity index (χ3v) is 4.47. The molecule has 2 amide bonds. The zero-order chi connectivity index (χ0) is 17.7. The number of amides is 2. The summed E-state index contributed by atoms with van der Waals surface area (Å²) in [4.78, 5) is 27.7. The summed E-state index contributed by atoms with van der Waals surface area (Å²) in [5, 5.41) is 5.46. The molecule has 0 saturated carbocycles. The second-order valence-electron chi connectivity index (χ2n) is 5.49. The van der Waals surface area contributed by atoms with E-state index < -0.39 is 0 Å². The van der Waals surface area contributed by atoms with Gasteiger partial charge in [0, 0.05) is 30.7 Å². The summed E-state index contributed by atoms with van der Waals surface area (Å²) in [7, 11) is 0. The molecule has 0 fully saturated rings. The monoisotopic (exact) mass is 357 g/mol. The minimum atomic E-state index is -0.162. The van der Waals surface area contributed by atoms with Crippen LogP contribution in [0.25, 0.3) is 0 Å². The Morgan fingerprint density at radius 3 is 2.52 bits per heavy atom. The molecule has 2 rings (SSSR count). The molecular formula is C19H23N3O2S. The summed E-state index contributed by atoms with van der Waals surface area (Å²) >= 11 is 1.66. The number of thioether (sulfide) groups is 1. The van der Waals surface area contributed by atoms with Gasteiger partial charge < -0.3 is 10.6 Å². The van der Waals surface area contributed by atoms with Crippen LogP contribution in [0.5, 0.6) is 0 Å². The Labute approximate surface area is 152 Å². The average molecular weight is 357 g/mol. The van der Waals surface area contributed by atoms with Crippen LogP contribution < -0.4 is 10.6 Å². The Morgan fingerprint density at radius 1 is 0.960 bits per heavy atom. The molecule has 1 aromatic carbocycles. The molecule has 0 atom stereocenters. The number of nitrogens with zero attached hydrogens (tertiary/aromatic N) is 1. The lowest BCUT2D eigenvalue weighted by molar-refractivity contribution is -0.125. The molecule has 0 aliphatic rings. The van der Waals surface area contributed by atoms with E-state index >= 15 is 0 Å². The normalized spacial score (nSPS) is 10.2. The van der Waals surface area contributed by atoms with E-state index in [0.29, 0.717) is 18.7 Å². The first-order chi connectivity index (χ1) is 12.2. The van der Waals surface area contributed by atoms with Crippen LogP contribution in [0.4, 0.5) is 0 Å². The SMILES string of the molecule is O=C(CCSCc1ccccn1)NCC(=O)NCCc1ccccc1. The molecular weight excluding hydrogens is 334 g/mol. The maximum absolute atomic E-state index is 11.7. The van der Waals surface area contributed by atoms with E-state index in [1.165, 1.54) is 5.56 Å². The van der Waals surface area contributed by atoms with E-state index in [1.807, 2.05) is 48.5 Å². The number of carbonyl (C=O) groups excluding carboxylic acids is 2. The third-order valence-electron chi connectivity index (χ3n) is 3.47. The number of aromatic nitrogens is 1. The summed E-state index contributed by atoms with van der Waals surface area (Å²) in [5.74, 6) is 1.23. The number of hydrogen-bond acceptors (Lipinski definition) is 4. The molecule has 0 saturated heterocycles. The van der Waals surface area contributed by atoms with Crippen LogP contribution in [0.2, 0.25) is 0 Å². The molecule has 1 aromatic heterocycles. The zero-order valence-corrected chi connectivity index (χ0v) is 14.9. The molecule has 2 aromatic rings. The number of pyridine rings is 1. The number of carbonyl (C=O) groups is 2. The summed E-state index contributed by atoms with van der Waals surface area (Å²) < 4.78 is 0. The van der Waals surface area contributed by atoms with Crippen molar-refractivity contribution in [3.8, 4) is 0 Å². The third kappa shape index (κ3) is 8.35. The minimum absolute atomic E-state index is 0.0263. The second kappa shape index (κ2) is 11.3. The fourth-order valence-corrected chi connectivity index (χ4v) is 3.00. The van der Waals surface area contributed by atoms with Crippen LogP contribution in [0.3, 0.4) is 0 Å². The second-order valence-corrected chi connectivity index (χ2v) is 6.59. The first-order valence-corrected chi connectivity index (χ1v) is 9.44.